The molecule has 6 nitrogen and oxygen atoms in total. The predicted octanol–water partition coefficient (Wildman–Crippen LogP) is 1.27. The lowest BCUT2D eigenvalue weighted by Gasteiger charge is -2.21. The van der Waals surface area contributed by atoms with Gasteiger partial charge in [0.25, 0.3) is 0 Å². The summed E-state index contributed by atoms with van der Waals surface area (Å²) in [4.78, 5) is 13.9. The van der Waals surface area contributed by atoms with Crippen LogP contribution in [-0.4, -0.2) is 50.2 Å². The average molecular weight is 376 g/mol. The molecule has 21 heavy (non-hydrogen) atoms. The van der Waals surface area contributed by atoms with Crippen LogP contribution in [0.15, 0.2) is 27.6 Å². The van der Waals surface area contributed by atoms with Gasteiger partial charge in [-0.25, -0.2) is 8.42 Å². The number of likely N-dealkylation sites (N-methyl/N-ethyl adjacent to an activating group) is 1. The molecule has 116 valence electrons. The molecule has 1 aliphatic rings. The van der Waals surface area contributed by atoms with E-state index in [0.29, 0.717) is 23.2 Å². The number of rotatable bonds is 4. The van der Waals surface area contributed by atoms with E-state index in [9.17, 15) is 13.2 Å². The Morgan fingerprint density at radius 2 is 2.00 bits per heavy atom. The molecular weight excluding hydrogens is 358 g/mol. The maximum Gasteiger partial charge on any atom is 0.244 e. The van der Waals surface area contributed by atoms with Gasteiger partial charge in [0.05, 0.1) is 11.4 Å². The highest BCUT2D eigenvalue weighted by atomic mass is 79.9. The fourth-order valence-electron chi connectivity index (χ4n) is 2.24. The molecule has 8 heteroatoms. The molecule has 2 N–H and O–H groups in total. The Balaban J connectivity index is 2.16. The molecule has 0 radical (unpaired) electrons. The van der Waals surface area contributed by atoms with Gasteiger partial charge in [-0.2, -0.15) is 4.31 Å². The Morgan fingerprint density at radius 1 is 1.38 bits per heavy atom. The predicted molar refractivity (Wildman–Crippen MR) is 84.2 cm³/mol. The highest BCUT2D eigenvalue weighted by Crippen LogP contribution is 2.26. The van der Waals surface area contributed by atoms with Gasteiger partial charge in [-0.1, -0.05) is 0 Å². The number of likely N-dealkylation sites (tertiary alicyclic amines) is 1. The summed E-state index contributed by atoms with van der Waals surface area (Å²) in [5.74, 6) is -0.162. The molecule has 1 amide bonds. The van der Waals surface area contributed by atoms with Crippen LogP contribution in [0.3, 0.4) is 0 Å². The van der Waals surface area contributed by atoms with Crippen molar-refractivity contribution >= 4 is 37.5 Å². The second kappa shape index (κ2) is 6.33. The van der Waals surface area contributed by atoms with Crippen LogP contribution >= 0.6 is 15.9 Å². The van der Waals surface area contributed by atoms with E-state index in [-0.39, 0.29) is 17.3 Å². The molecule has 0 bridgehead atoms. The molecule has 0 spiro atoms. The molecule has 0 aliphatic carbocycles. The van der Waals surface area contributed by atoms with Gasteiger partial charge in [0.2, 0.25) is 15.9 Å². The van der Waals surface area contributed by atoms with Gasteiger partial charge in [-0.15, -0.1) is 0 Å². The molecule has 1 heterocycles. The Hall–Kier alpha value is -1.12. The first-order valence-electron chi connectivity index (χ1n) is 6.61. The average Bonchev–Trinajstić information content (AvgIpc) is 2.91. The van der Waals surface area contributed by atoms with Crippen molar-refractivity contribution in [2.24, 2.45) is 0 Å². The van der Waals surface area contributed by atoms with E-state index >= 15 is 0 Å². The van der Waals surface area contributed by atoms with Crippen LogP contribution in [0, 0.1) is 0 Å². The van der Waals surface area contributed by atoms with Crippen LogP contribution in [0.5, 0.6) is 0 Å². The first-order chi connectivity index (χ1) is 9.82. The fraction of sp³-hybridized carbons (Fsp3) is 0.462. The standard InChI is InChI=1S/C13H18BrN3O3S/c1-16(9-13(18)17-6-2-3-7-17)21(19,20)12-5-4-10(15)8-11(12)14/h4-5,8H,2-3,6-7,9,15H2,1H3. The smallest absolute Gasteiger partial charge is 0.244 e. The molecule has 0 saturated carbocycles. The van der Waals surface area contributed by atoms with Crippen molar-refractivity contribution < 1.29 is 13.2 Å². The van der Waals surface area contributed by atoms with Crippen LogP contribution in [0.4, 0.5) is 5.69 Å². The van der Waals surface area contributed by atoms with Crippen molar-refractivity contribution in [3.05, 3.63) is 22.7 Å². The molecule has 2 rings (SSSR count). The summed E-state index contributed by atoms with van der Waals surface area (Å²) in [6, 6.07) is 4.49. The summed E-state index contributed by atoms with van der Waals surface area (Å²) in [5.41, 5.74) is 6.08. The number of hydrogen-bond acceptors (Lipinski definition) is 4. The largest absolute Gasteiger partial charge is 0.399 e. The maximum absolute atomic E-state index is 12.5. The summed E-state index contributed by atoms with van der Waals surface area (Å²) in [6.45, 7) is 1.26. The van der Waals surface area contributed by atoms with E-state index in [1.54, 1.807) is 4.90 Å². The number of anilines is 1. The van der Waals surface area contributed by atoms with E-state index in [1.165, 1.54) is 25.2 Å². The zero-order chi connectivity index (χ0) is 15.6. The molecule has 1 aromatic carbocycles. The third-order valence-electron chi connectivity index (χ3n) is 3.46. The zero-order valence-corrected chi connectivity index (χ0v) is 14.2. The summed E-state index contributed by atoms with van der Waals surface area (Å²) in [7, 11) is -2.32. The van der Waals surface area contributed by atoms with Crippen LogP contribution in [0.2, 0.25) is 0 Å². The minimum absolute atomic E-state index is 0.105. The van der Waals surface area contributed by atoms with Crippen LogP contribution in [0.25, 0.3) is 0 Å². The zero-order valence-electron chi connectivity index (χ0n) is 11.8. The molecule has 0 aromatic heterocycles. The normalized spacial score (nSPS) is 15.7. The number of carbonyl (C=O) groups is 1. The number of hydrogen-bond donors (Lipinski definition) is 1. The molecule has 0 atom stereocenters. The van der Waals surface area contributed by atoms with Crippen molar-refractivity contribution in [2.75, 3.05) is 32.4 Å². The second-order valence-electron chi connectivity index (χ2n) is 5.04. The number of nitrogens with two attached hydrogens (primary N) is 1. The lowest BCUT2D eigenvalue weighted by Crippen LogP contribution is -2.39. The van der Waals surface area contributed by atoms with Crippen LogP contribution in [-0.2, 0) is 14.8 Å². The number of carbonyl (C=O) groups excluding carboxylic acids is 1. The molecule has 1 fully saturated rings. The monoisotopic (exact) mass is 375 g/mol. The molecule has 1 aliphatic heterocycles. The lowest BCUT2D eigenvalue weighted by atomic mass is 10.3. The van der Waals surface area contributed by atoms with E-state index in [4.69, 9.17) is 5.73 Å². The van der Waals surface area contributed by atoms with Gasteiger partial charge < -0.3 is 10.6 Å². The van der Waals surface area contributed by atoms with Crippen molar-refractivity contribution in [2.45, 2.75) is 17.7 Å². The Labute approximate surface area is 133 Å². The number of nitrogens with zero attached hydrogens (tertiary/aromatic N) is 2. The number of halogens is 1. The van der Waals surface area contributed by atoms with Gasteiger partial charge in [-0.3, -0.25) is 4.79 Å². The maximum atomic E-state index is 12.5. The minimum Gasteiger partial charge on any atom is -0.399 e. The van der Waals surface area contributed by atoms with Crippen LogP contribution < -0.4 is 5.73 Å². The van der Waals surface area contributed by atoms with E-state index in [1.807, 2.05) is 0 Å². The Kier molecular flexibility index (Phi) is 4.90. The fourth-order valence-corrected chi connectivity index (χ4v) is 4.41. The highest BCUT2D eigenvalue weighted by Gasteiger charge is 2.27. The Bertz CT molecular complexity index is 642. The summed E-state index contributed by atoms with van der Waals surface area (Å²) < 4.78 is 26.5. The van der Waals surface area contributed by atoms with E-state index in [2.05, 4.69) is 15.9 Å². The number of benzene rings is 1. The third kappa shape index (κ3) is 3.56. The summed E-state index contributed by atoms with van der Waals surface area (Å²) in [5, 5.41) is 0. The first-order valence-corrected chi connectivity index (χ1v) is 8.85. The highest BCUT2D eigenvalue weighted by molar-refractivity contribution is 9.10. The van der Waals surface area contributed by atoms with E-state index in [0.717, 1.165) is 17.1 Å². The molecule has 1 saturated heterocycles. The van der Waals surface area contributed by atoms with Gasteiger partial charge >= 0.3 is 0 Å². The van der Waals surface area contributed by atoms with Crippen molar-refractivity contribution in [1.29, 1.82) is 0 Å². The second-order valence-corrected chi connectivity index (χ2v) is 7.91. The van der Waals surface area contributed by atoms with E-state index < -0.39 is 10.0 Å². The van der Waals surface area contributed by atoms with Gasteiger partial charge in [0.15, 0.2) is 0 Å². The molecular formula is C13H18BrN3O3S. The van der Waals surface area contributed by atoms with Gasteiger partial charge in [-0.05, 0) is 47.0 Å². The first kappa shape index (κ1) is 16.3. The van der Waals surface area contributed by atoms with Crippen molar-refractivity contribution in [3.63, 3.8) is 0 Å². The number of amides is 1. The van der Waals surface area contributed by atoms with Gasteiger partial charge in [0, 0.05) is 30.3 Å². The van der Waals surface area contributed by atoms with Crippen molar-refractivity contribution in [1.82, 2.24) is 9.21 Å². The molecule has 1 aromatic rings. The Morgan fingerprint density at radius 3 is 2.57 bits per heavy atom. The summed E-state index contributed by atoms with van der Waals surface area (Å²) >= 11 is 3.20. The summed E-state index contributed by atoms with van der Waals surface area (Å²) in [6.07, 6.45) is 1.96. The van der Waals surface area contributed by atoms with Gasteiger partial charge in [0.1, 0.15) is 0 Å². The van der Waals surface area contributed by atoms with Crippen molar-refractivity contribution in [3.8, 4) is 0 Å². The van der Waals surface area contributed by atoms with Crippen LogP contribution in [0.1, 0.15) is 12.8 Å². The number of nitrogen functional groups attached to an aromatic ring is 1. The minimum atomic E-state index is -3.73. The molecule has 0 unspecified atom stereocenters. The SMILES string of the molecule is CN(CC(=O)N1CCCC1)S(=O)(=O)c1ccc(N)cc1Br. The lowest BCUT2D eigenvalue weighted by molar-refractivity contribution is -0.130. The quantitative estimate of drug-likeness (QED) is 0.803. The number of sulfonamides is 1. The third-order valence-corrected chi connectivity index (χ3v) is 6.24. The topological polar surface area (TPSA) is 83.7 Å².